The van der Waals surface area contributed by atoms with Crippen LogP contribution < -0.4 is 4.74 Å². The number of halogens is 1. The first-order valence-corrected chi connectivity index (χ1v) is 7.97. The highest BCUT2D eigenvalue weighted by atomic mass is 35.5. The SMILES string of the molecule is CN1CCC(Oc2cnc(Cl)c(CCc3ccncc3)c2)C1. The van der Waals surface area contributed by atoms with Crippen LogP contribution in [0.4, 0.5) is 0 Å². The van der Waals surface area contributed by atoms with Crippen molar-refractivity contribution in [3.05, 3.63) is 53.1 Å². The van der Waals surface area contributed by atoms with Crippen LogP contribution in [0.3, 0.4) is 0 Å². The lowest BCUT2D eigenvalue weighted by molar-refractivity contribution is 0.207. The van der Waals surface area contributed by atoms with Crippen molar-refractivity contribution in [2.75, 3.05) is 20.1 Å². The molecule has 0 aromatic carbocycles. The number of likely N-dealkylation sites (N-methyl/N-ethyl adjacent to an activating group) is 1. The van der Waals surface area contributed by atoms with Crippen molar-refractivity contribution in [3.8, 4) is 5.75 Å². The predicted molar refractivity (Wildman–Crippen MR) is 87.4 cm³/mol. The first-order valence-electron chi connectivity index (χ1n) is 7.59. The van der Waals surface area contributed by atoms with E-state index in [1.165, 1.54) is 5.56 Å². The number of hydrogen-bond acceptors (Lipinski definition) is 4. The quantitative estimate of drug-likeness (QED) is 0.795. The normalized spacial score (nSPS) is 18.5. The van der Waals surface area contributed by atoms with Gasteiger partial charge in [-0.15, -0.1) is 0 Å². The highest BCUT2D eigenvalue weighted by molar-refractivity contribution is 6.30. The summed E-state index contributed by atoms with van der Waals surface area (Å²) < 4.78 is 6.02. The van der Waals surface area contributed by atoms with Gasteiger partial charge in [0.1, 0.15) is 17.0 Å². The number of nitrogens with zero attached hydrogens (tertiary/aromatic N) is 3. The molecule has 0 bridgehead atoms. The van der Waals surface area contributed by atoms with Gasteiger partial charge in [0.05, 0.1) is 6.20 Å². The van der Waals surface area contributed by atoms with Crippen molar-refractivity contribution in [1.29, 1.82) is 0 Å². The highest BCUT2D eigenvalue weighted by Crippen LogP contribution is 2.23. The number of hydrogen-bond donors (Lipinski definition) is 0. The molecule has 1 fully saturated rings. The van der Waals surface area contributed by atoms with Crippen molar-refractivity contribution >= 4 is 11.6 Å². The predicted octanol–water partition coefficient (Wildman–Crippen LogP) is 3.00. The average Bonchev–Trinajstić information content (AvgIpc) is 2.94. The third-order valence-corrected chi connectivity index (χ3v) is 4.31. The Bertz CT molecular complexity index is 621. The highest BCUT2D eigenvalue weighted by Gasteiger charge is 2.21. The molecule has 2 aromatic rings. The summed E-state index contributed by atoms with van der Waals surface area (Å²) in [5.74, 6) is 0.814. The first kappa shape index (κ1) is 15.3. The van der Waals surface area contributed by atoms with Gasteiger partial charge in [-0.1, -0.05) is 11.6 Å². The van der Waals surface area contributed by atoms with Crippen molar-refractivity contribution in [2.24, 2.45) is 0 Å². The van der Waals surface area contributed by atoms with Gasteiger partial charge in [0.15, 0.2) is 0 Å². The monoisotopic (exact) mass is 317 g/mol. The van der Waals surface area contributed by atoms with Gasteiger partial charge in [-0.05, 0) is 55.6 Å². The number of likely N-dealkylation sites (tertiary alicyclic amines) is 1. The van der Waals surface area contributed by atoms with Crippen LogP contribution in [0.15, 0.2) is 36.8 Å². The van der Waals surface area contributed by atoms with Gasteiger partial charge in [0, 0.05) is 25.5 Å². The van der Waals surface area contributed by atoms with Crippen LogP contribution in [0, 0.1) is 0 Å². The van der Waals surface area contributed by atoms with E-state index in [-0.39, 0.29) is 6.10 Å². The van der Waals surface area contributed by atoms with Crippen LogP contribution in [-0.2, 0) is 12.8 Å². The zero-order valence-electron chi connectivity index (χ0n) is 12.7. The molecule has 1 saturated heterocycles. The molecule has 1 unspecified atom stereocenters. The minimum Gasteiger partial charge on any atom is -0.487 e. The molecule has 0 aliphatic carbocycles. The Labute approximate surface area is 136 Å². The Morgan fingerprint density at radius 3 is 2.86 bits per heavy atom. The lowest BCUT2D eigenvalue weighted by Gasteiger charge is -2.14. The van der Waals surface area contributed by atoms with E-state index in [0.717, 1.165) is 43.7 Å². The molecule has 0 spiro atoms. The minimum atomic E-state index is 0.251. The summed E-state index contributed by atoms with van der Waals surface area (Å²) in [6.45, 7) is 2.05. The van der Waals surface area contributed by atoms with Gasteiger partial charge >= 0.3 is 0 Å². The zero-order chi connectivity index (χ0) is 15.4. The molecule has 0 N–H and O–H groups in total. The summed E-state index contributed by atoms with van der Waals surface area (Å²) in [5, 5.41) is 0.560. The van der Waals surface area contributed by atoms with E-state index in [1.54, 1.807) is 6.20 Å². The summed E-state index contributed by atoms with van der Waals surface area (Å²) in [5.41, 5.74) is 2.28. The fourth-order valence-corrected chi connectivity index (χ4v) is 2.92. The average molecular weight is 318 g/mol. The summed E-state index contributed by atoms with van der Waals surface area (Å²) in [6.07, 6.45) is 8.41. The van der Waals surface area contributed by atoms with Crippen molar-refractivity contribution < 1.29 is 4.74 Å². The molecule has 116 valence electrons. The molecule has 1 atom stereocenters. The minimum absolute atomic E-state index is 0.251. The maximum Gasteiger partial charge on any atom is 0.138 e. The number of ether oxygens (including phenoxy) is 1. The van der Waals surface area contributed by atoms with E-state index >= 15 is 0 Å². The van der Waals surface area contributed by atoms with E-state index in [9.17, 15) is 0 Å². The van der Waals surface area contributed by atoms with E-state index in [1.807, 2.05) is 30.6 Å². The van der Waals surface area contributed by atoms with Gasteiger partial charge in [-0.3, -0.25) is 4.98 Å². The lowest BCUT2D eigenvalue weighted by Crippen LogP contribution is -2.21. The Kier molecular flexibility index (Phi) is 4.90. The number of rotatable bonds is 5. The second-order valence-electron chi connectivity index (χ2n) is 5.77. The zero-order valence-corrected chi connectivity index (χ0v) is 13.5. The fourth-order valence-electron chi connectivity index (χ4n) is 2.72. The molecule has 1 aliphatic rings. The molecular formula is C17H20ClN3O. The maximum absolute atomic E-state index is 6.22. The van der Waals surface area contributed by atoms with E-state index in [4.69, 9.17) is 16.3 Å². The smallest absolute Gasteiger partial charge is 0.138 e. The molecule has 3 heterocycles. The Morgan fingerprint density at radius 2 is 2.14 bits per heavy atom. The van der Waals surface area contributed by atoms with E-state index in [0.29, 0.717) is 5.15 Å². The van der Waals surface area contributed by atoms with Crippen LogP contribution in [0.1, 0.15) is 17.5 Å². The number of aryl methyl sites for hydroxylation is 2. The molecule has 4 nitrogen and oxygen atoms in total. The maximum atomic E-state index is 6.22. The Hall–Kier alpha value is -1.65. The molecule has 1 aliphatic heterocycles. The standard InChI is InChI=1S/C17H20ClN3O/c1-21-9-6-15(12-21)22-16-10-14(17(18)20-11-16)3-2-13-4-7-19-8-5-13/h4-5,7-8,10-11,15H,2-3,6,9,12H2,1H3. The van der Waals surface area contributed by atoms with Gasteiger partial charge in [-0.25, -0.2) is 4.98 Å². The molecule has 0 saturated carbocycles. The van der Waals surface area contributed by atoms with Crippen LogP contribution in [0.5, 0.6) is 5.75 Å². The Morgan fingerprint density at radius 1 is 1.32 bits per heavy atom. The summed E-state index contributed by atoms with van der Waals surface area (Å²) in [7, 11) is 2.11. The van der Waals surface area contributed by atoms with Crippen LogP contribution >= 0.6 is 11.6 Å². The van der Waals surface area contributed by atoms with E-state index in [2.05, 4.69) is 21.9 Å². The third-order valence-electron chi connectivity index (χ3n) is 3.97. The second-order valence-corrected chi connectivity index (χ2v) is 6.13. The molecular weight excluding hydrogens is 298 g/mol. The van der Waals surface area contributed by atoms with Crippen molar-refractivity contribution in [2.45, 2.75) is 25.4 Å². The molecule has 0 amide bonds. The van der Waals surface area contributed by atoms with Gasteiger partial charge in [0.2, 0.25) is 0 Å². The third kappa shape index (κ3) is 3.96. The van der Waals surface area contributed by atoms with Crippen LogP contribution in [0.25, 0.3) is 0 Å². The van der Waals surface area contributed by atoms with Crippen molar-refractivity contribution in [1.82, 2.24) is 14.9 Å². The van der Waals surface area contributed by atoms with Gasteiger partial charge in [-0.2, -0.15) is 0 Å². The van der Waals surface area contributed by atoms with Gasteiger partial charge < -0.3 is 9.64 Å². The first-order chi connectivity index (χ1) is 10.7. The van der Waals surface area contributed by atoms with Crippen LogP contribution in [-0.4, -0.2) is 41.1 Å². The van der Waals surface area contributed by atoms with E-state index < -0.39 is 0 Å². The molecule has 3 rings (SSSR count). The summed E-state index contributed by atoms with van der Waals surface area (Å²) >= 11 is 6.22. The lowest BCUT2D eigenvalue weighted by atomic mass is 10.1. The second kappa shape index (κ2) is 7.07. The molecule has 22 heavy (non-hydrogen) atoms. The number of aromatic nitrogens is 2. The number of pyridine rings is 2. The summed E-state index contributed by atoms with van der Waals surface area (Å²) in [6, 6.07) is 6.07. The fraction of sp³-hybridized carbons (Fsp3) is 0.412. The van der Waals surface area contributed by atoms with Gasteiger partial charge in [0.25, 0.3) is 0 Å². The molecule has 0 radical (unpaired) electrons. The summed E-state index contributed by atoms with van der Waals surface area (Å²) in [4.78, 5) is 10.6. The largest absolute Gasteiger partial charge is 0.487 e. The topological polar surface area (TPSA) is 38.2 Å². The molecule has 5 heteroatoms. The van der Waals surface area contributed by atoms with Crippen LogP contribution in [0.2, 0.25) is 5.15 Å². The molecule has 2 aromatic heterocycles. The Balaban J connectivity index is 1.64. The van der Waals surface area contributed by atoms with Crippen molar-refractivity contribution in [3.63, 3.8) is 0 Å².